The molecule has 5 fully saturated rings. The summed E-state index contributed by atoms with van der Waals surface area (Å²) in [5, 5.41) is 23.4. The van der Waals surface area contributed by atoms with E-state index in [9.17, 15) is 9.90 Å². The van der Waals surface area contributed by atoms with Gasteiger partial charge in [-0.2, -0.15) is 5.26 Å². The minimum Gasteiger partial charge on any atom is -0.412 e. The van der Waals surface area contributed by atoms with E-state index in [1.165, 1.54) is 6.42 Å². The van der Waals surface area contributed by atoms with E-state index in [4.69, 9.17) is 5.26 Å². The monoisotopic (exact) mass is 339 g/mol. The molecule has 5 aliphatic rings. The van der Waals surface area contributed by atoms with Gasteiger partial charge in [0.2, 0.25) is 5.91 Å². The number of likely N-dealkylation sites (tertiary alicyclic amines) is 1. The molecule has 4 saturated carbocycles. The van der Waals surface area contributed by atoms with Gasteiger partial charge in [-0.05, 0) is 63.2 Å². The maximum atomic E-state index is 12.4. The highest BCUT2D eigenvalue weighted by Gasteiger charge is 2.57. The number of nitrogens with zero attached hydrogens (tertiary/aromatic N) is 2. The van der Waals surface area contributed by atoms with Gasteiger partial charge in [0.25, 0.3) is 0 Å². The van der Waals surface area contributed by atoms with Crippen LogP contribution in [0.1, 0.15) is 51.4 Å². The van der Waals surface area contributed by atoms with Crippen LogP contribution in [0, 0.1) is 23.2 Å². The first-order valence-corrected chi connectivity index (χ1v) is 8.67. The van der Waals surface area contributed by atoms with Gasteiger partial charge in [0.15, 0.2) is 0 Å². The molecule has 1 amide bonds. The van der Waals surface area contributed by atoms with Crippen LogP contribution in [-0.2, 0) is 4.79 Å². The Kier molecular flexibility index (Phi) is 5.26. The van der Waals surface area contributed by atoms with Crippen molar-refractivity contribution in [3.63, 3.8) is 0 Å². The molecule has 7 nitrogen and oxygen atoms in total. The van der Waals surface area contributed by atoms with Crippen LogP contribution in [0.15, 0.2) is 0 Å². The van der Waals surface area contributed by atoms with Crippen LogP contribution in [0.2, 0.25) is 0 Å². The fraction of sp³-hybridized carbons (Fsp3) is 0.882. The maximum absolute atomic E-state index is 12.4. The van der Waals surface area contributed by atoms with E-state index in [2.05, 4.69) is 11.4 Å². The minimum absolute atomic E-state index is 0. The Balaban J connectivity index is 0.00000104. The van der Waals surface area contributed by atoms with Crippen molar-refractivity contribution in [1.82, 2.24) is 10.2 Å². The van der Waals surface area contributed by atoms with Crippen molar-refractivity contribution in [1.29, 1.82) is 5.26 Å². The molecule has 0 aromatic rings. The number of amides is 1. The topological polar surface area (TPSA) is 139 Å². The molecular weight excluding hydrogens is 310 g/mol. The summed E-state index contributed by atoms with van der Waals surface area (Å²) in [7, 11) is 0. The lowest BCUT2D eigenvalue weighted by atomic mass is 9.51. The Hall–Kier alpha value is -1.20. The van der Waals surface area contributed by atoms with Crippen molar-refractivity contribution in [3.8, 4) is 6.07 Å². The fourth-order valence-electron chi connectivity index (χ4n) is 5.99. The Morgan fingerprint density at radius 3 is 2.50 bits per heavy atom. The van der Waals surface area contributed by atoms with Gasteiger partial charge in [-0.15, -0.1) is 0 Å². The van der Waals surface area contributed by atoms with Crippen molar-refractivity contribution in [2.45, 2.75) is 68.5 Å². The van der Waals surface area contributed by atoms with Crippen LogP contribution in [0.25, 0.3) is 0 Å². The van der Waals surface area contributed by atoms with E-state index in [-0.39, 0.29) is 28.4 Å². The molecule has 136 valence electrons. The molecule has 24 heavy (non-hydrogen) atoms. The average molecular weight is 339 g/mol. The molecule has 7 heteroatoms. The van der Waals surface area contributed by atoms with Gasteiger partial charge in [-0.1, -0.05) is 0 Å². The molecule has 0 aromatic carbocycles. The third kappa shape index (κ3) is 3.16. The third-order valence-corrected chi connectivity index (χ3v) is 6.37. The molecule has 6 N–H and O–H groups in total. The van der Waals surface area contributed by atoms with Gasteiger partial charge in [0.05, 0.1) is 18.2 Å². The number of nitriles is 1. The molecule has 0 radical (unpaired) electrons. The Morgan fingerprint density at radius 1 is 1.25 bits per heavy atom. The van der Waals surface area contributed by atoms with Crippen molar-refractivity contribution < 1.29 is 20.9 Å². The van der Waals surface area contributed by atoms with Gasteiger partial charge in [-0.25, -0.2) is 0 Å². The summed E-state index contributed by atoms with van der Waals surface area (Å²) in [6, 6.07) is 1.99. The van der Waals surface area contributed by atoms with Crippen LogP contribution in [0.3, 0.4) is 0 Å². The number of hydrogen-bond donors (Lipinski definition) is 2. The fourth-order valence-corrected chi connectivity index (χ4v) is 5.99. The molecule has 4 aliphatic carbocycles. The second kappa shape index (κ2) is 6.60. The zero-order chi connectivity index (χ0) is 15.4. The van der Waals surface area contributed by atoms with Crippen molar-refractivity contribution in [2.75, 3.05) is 13.1 Å². The van der Waals surface area contributed by atoms with E-state index in [0.717, 1.165) is 44.9 Å². The Bertz CT molecular complexity index is 518. The number of rotatable bonds is 3. The molecule has 2 unspecified atom stereocenters. The van der Waals surface area contributed by atoms with E-state index < -0.39 is 5.60 Å². The van der Waals surface area contributed by atoms with Gasteiger partial charge in [-0.3, -0.25) is 4.79 Å². The number of hydrogen-bond acceptors (Lipinski definition) is 4. The van der Waals surface area contributed by atoms with Crippen LogP contribution < -0.4 is 5.32 Å². The maximum Gasteiger partial charge on any atom is 0.237 e. The molecule has 1 saturated heterocycles. The van der Waals surface area contributed by atoms with Gasteiger partial charge in [0, 0.05) is 12.1 Å². The normalized spacial score (nSPS) is 42.2. The Labute approximate surface area is 142 Å². The second-order valence-electron chi connectivity index (χ2n) is 8.19. The molecule has 1 aliphatic heterocycles. The lowest BCUT2D eigenvalue weighted by Crippen LogP contribution is -2.65. The lowest BCUT2D eigenvalue weighted by molar-refractivity contribution is -0.147. The highest BCUT2D eigenvalue weighted by molar-refractivity contribution is 5.79. The average Bonchev–Trinajstić information content (AvgIpc) is 2.90. The van der Waals surface area contributed by atoms with Crippen LogP contribution in [-0.4, -0.2) is 57.1 Å². The lowest BCUT2D eigenvalue weighted by Gasteiger charge is -2.60. The highest BCUT2D eigenvalue weighted by atomic mass is 16.3. The van der Waals surface area contributed by atoms with Gasteiger partial charge in [0.1, 0.15) is 6.04 Å². The van der Waals surface area contributed by atoms with Crippen molar-refractivity contribution in [3.05, 3.63) is 0 Å². The SMILES string of the molecule is N#C[C@@H]1CCCN1C(=O)CNC12C[C@@H]3C[C@@H](CC(O)(C3)C1)C2.O.O. The summed E-state index contributed by atoms with van der Waals surface area (Å²) in [4.78, 5) is 14.2. The predicted octanol–water partition coefficient (Wildman–Crippen LogP) is -0.475. The Morgan fingerprint density at radius 2 is 1.92 bits per heavy atom. The largest absolute Gasteiger partial charge is 0.412 e. The van der Waals surface area contributed by atoms with E-state index in [1.54, 1.807) is 4.90 Å². The van der Waals surface area contributed by atoms with Gasteiger partial charge >= 0.3 is 0 Å². The van der Waals surface area contributed by atoms with Crippen molar-refractivity contribution in [2.24, 2.45) is 11.8 Å². The first-order chi connectivity index (χ1) is 10.5. The zero-order valence-electron chi connectivity index (χ0n) is 14.1. The van der Waals surface area contributed by atoms with Gasteiger partial charge < -0.3 is 26.3 Å². The van der Waals surface area contributed by atoms with E-state index >= 15 is 0 Å². The molecule has 4 bridgehead atoms. The molecule has 1 heterocycles. The molecular formula is C17H29N3O4. The summed E-state index contributed by atoms with van der Waals surface area (Å²) in [6.45, 7) is 1.02. The number of carbonyl (C=O) groups excluding carboxylic acids is 1. The van der Waals surface area contributed by atoms with Crippen LogP contribution in [0.5, 0.6) is 0 Å². The van der Waals surface area contributed by atoms with Crippen LogP contribution in [0.4, 0.5) is 0 Å². The number of carbonyl (C=O) groups is 1. The summed E-state index contributed by atoms with van der Waals surface area (Å²) in [6.07, 6.45) is 7.87. The molecule has 5 atom stereocenters. The summed E-state index contributed by atoms with van der Waals surface area (Å²) in [5.41, 5.74) is -0.542. The predicted molar refractivity (Wildman–Crippen MR) is 87.9 cm³/mol. The minimum atomic E-state index is -0.497. The summed E-state index contributed by atoms with van der Waals surface area (Å²) >= 11 is 0. The van der Waals surface area contributed by atoms with E-state index in [1.807, 2.05) is 0 Å². The zero-order valence-corrected chi connectivity index (χ0v) is 14.1. The first kappa shape index (κ1) is 19.1. The number of nitrogens with one attached hydrogen (secondary N) is 1. The highest BCUT2D eigenvalue weighted by Crippen LogP contribution is 2.57. The first-order valence-electron chi connectivity index (χ1n) is 8.67. The third-order valence-electron chi connectivity index (χ3n) is 6.37. The molecule has 0 aromatic heterocycles. The second-order valence-corrected chi connectivity index (χ2v) is 8.19. The van der Waals surface area contributed by atoms with E-state index in [0.29, 0.717) is 24.9 Å². The molecule has 5 rings (SSSR count). The summed E-state index contributed by atoms with van der Waals surface area (Å²) < 4.78 is 0. The van der Waals surface area contributed by atoms with Crippen LogP contribution >= 0.6 is 0 Å². The quantitative estimate of drug-likeness (QED) is 0.717. The smallest absolute Gasteiger partial charge is 0.237 e. The standard InChI is InChI=1S/C17H25N3O2.2H2O/c18-9-14-2-1-3-20(14)15(21)10-19-16-5-12-4-13(6-16)8-17(22,7-12)11-16;;/h12-14,19,22H,1-8,10-11H2;2*1H2/t12-,13+,14-,16?,17?;;/m0../s1. The summed E-state index contributed by atoms with van der Waals surface area (Å²) in [5.74, 6) is 1.28. The van der Waals surface area contributed by atoms with Crippen molar-refractivity contribution >= 4 is 5.91 Å². The molecule has 0 spiro atoms. The number of aliphatic hydroxyl groups is 1.